The molecular weight excluding hydrogens is 421 g/mol. The van der Waals surface area contributed by atoms with Gasteiger partial charge in [-0.05, 0) is 78.9 Å². The maximum absolute atomic E-state index is 14.5. The van der Waals surface area contributed by atoms with E-state index < -0.39 is 5.97 Å². The van der Waals surface area contributed by atoms with Gasteiger partial charge < -0.3 is 15.7 Å². The number of aromatic nitrogens is 1. The summed E-state index contributed by atoms with van der Waals surface area (Å²) in [5, 5.41) is 14.9. The molecule has 1 heterocycles. The Morgan fingerprint density at radius 3 is 2.42 bits per heavy atom. The summed E-state index contributed by atoms with van der Waals surface area (Å²) in [7, 11) is 1.60. The molecule has 6 nitrogen and oxygen atoms in total. The highest BCUT2D eigenvalue weighted by Gasteiger charge is 2.45. The minimum Gasteiger partial charge on any atom is -0.481 e. The second kappa shape index (κ2) is 9.02. The molecule has 0 aliphatic heterocycles. The first kappa shape index (κ1) is 22.5. The van der Waals surface area contributed by atoms with Gasteiger partial charge in [0.1, 0.15) is 5.82 Å². The van der Waals surface area contributed by atoms with E-state index in [9.17, 15) is 14.0 Å². The molecule has 33 heavy (non-hydrogen) atoms. The van der Waals surface area contributed by atoms with Gasteiger partial charge in [0.05, 0.1) is 17.8 Å². The molecule has 0 unspecified atom stereocenters. The van der Waals surface area contributed by atoms with Gasteiger partial charge >= 0.3 is 5.97 Å². The van der Waals surface area contributed by atoms with Gasteiger partial charge in [0, 0.05) is 36.3 Å². The quantitative estimate of drug-likeness (QED) is 0.490. The van der Waals surface area contributed by atoms with Crippen LogP contribution in [0.3, 0.4) is 0 Å². The van der Waals surface area contributed by atoms with Crippen LogP contribution in [0.15, 0.2) is 48.7 Å². The number of carboxylic acid groups (broad SMARTS) is 1. The Kier molecular flexibility index (Phi) is 6.14. The van der Waals surface area contributed by atoms with Gasteiger partial charge in [-0.3, -0.25) is 14.6 Å². The molecule has 4 rings (SSSR count). The highest BCUT2D eigenvalue weighted by atomic mass is 19.1. The van der Waals surface area contributed by atoms with E-state index in [1.54, 1.807) is 19.3 Å². The van der Waals surface area contributed by atoms with E-state index in [-0.39, 0.29) is 30.1 Å². The molecule has 2 atom stereocenters. The van der Waals surface area contributed by atoms with Crippen LogP contribution < -0.4 is 10.6 Å². The van der Waals surface area contributed by atoms with Gasteiger partial charge in [0.2, 0.25) is 0 Å². The largest absolute Gasteiger partial charge is 0.481 e. The van der Waals surface area contributed by atoms with Crippen LogP contribution >= 0.6 is 0 Å². The fourth-order valence-corrected chi connectivity index (χ4v) is 4.28. The topological polar surface area (TPSA) is 91.3 Å². The van der Waals surface area contributed by atoms with Crippen molar-refractivity contribution in [3.8, 4) is 11.1 Å². The van der Waals surface area contributed by atoms with Gasteiger partial charge in [-0.1, -0.05) is 6.07 Å². The molecule has 0 spiro atoms. The smallest absolute Gasteiger partial charge is 0.307 e. The molecule has 1 saturated carbocycles. The van der Waals surface area contributed by atoms with Crippen LogP contribution in [0.4, 0.5) is 10.1 Å². The summed E-state index contributed by atoms with van der Waals surface area (Å²) in [4.78, 5) is 27.4. The number of nitrogens with zero attached hydrogens (tertiary/aromatic N) is 1. The number of aliphatic carboxylic acids is 1. The molecule has 1 aromatic heterocycles. The van der Waals surface area contributed by atoms with Crippen molar-refractivity contribution in [1.82, 2.24) is 10.3 Å². The number of pyridine rings is 1. The van der Waals surface area contributed by atoms with Gasteiger partial charge in [-0.15, -0.1) is 0 Å². The zero-order chi connectivity index (χ0) is 23.7. The number of rotatable bonds is 7. The van der Waals surface area contributed by atoms with E-state index in [1.807, 2.05) is 44.2 Å². The summed E-state index contributed by atoms with van der Waals surface area (Å²) >= 11 is 0. The van der Waals surface area contributed by atoms with Crippen LogP contribution in [0.5, 0.6) is 0 Å². The van der Waals surface area contributed by atoms with Crippen LogP contribution in [-0.2, 0) is 11.3 Å². The predicted octanol–water partition coefficient (Wildman–Crippen LogP) is 4.66. The second-order valence-corrected chi connectivity index (χ2v) is 8.48. The number of aryl methyl sites for hydroxylation is 2. The number of hydrogen-bond acceptors (Lipinski definition) is 4. The predicted molar refractivity (Wildman–Crippen MR) is 125 cm³/mol. The van der Waals surface area contributed by atoms with Crippen molar-refractivity contribution in [3.05, 3.63) is 82.4 Å². The number of carboxylic acids is 1. The molecule has 0 saturated heterocycles. The third-order valence-electron chi connectivity index (χ3n) is 6.11. The molecule has 170 valence electrons. The standard InChI is InChI=1S/C26H26FN3O3/c1-14-8-17(25(31)28-3)9-15(2)24(14)16-4-6-22(27)18(10-16)12-29-19-5-7-23(30-13-19)20-11-21(20)26(32)33/h4-10,13,20-21,29H,11-12H2,1-3H3,(H,28,31)(H,32,33)/t20-,21-/m0/s1. The fraction of sp³-hybridized carbons (Fsp3) is 0.269. The van der Waals surface area contributed by atoms with E-state index in [0.29, 0.717) is 17.5 Å². The van der Waals surface area contributed by atoms with Gasteiger partial charge in [0.15, 0.2) is 0 Å². The summed E-state index contributed by atoms with van der Waals surface area (Å²) in [6.07, 6.45) is 2.27. The van der Waals surface area contributed by atoms with E-state index in [1.165, 1.54) is 6.07 Å². The Balaban J connectivity index is 1.50. The number of amides is 1. The van der Waals surface area contributed by atoms with Crippen molar-refractivity contribution in [2.45, 2.75) is 32.7 Å². The van der Waals surface area contributed by atoms with E-state index in [2.05, 4.69) is 15.6 Å². The van der Waals surface area contributed by atoms with Crippen LogP contribution in [0.2, 0.25) is 0 Å². The van der Waals surface area contributed by atoms with Crippen LogP contribution in [-0.4, -0.2) is 29.0 Å². The van der Waals surface area contributed by atoms with E-state index >= 15 is 0 Å². The number of carbonyl (C=O) groups excluding carboxylic acids is 1. The van der Waals surface area contributed by atoms with Crippen LogP contribution in [0, 0.1) is 25.6 Å². The lowest BCUT2D eigenvalue weighted by molar-refractivity contribution is -0.138. The molecule has 7 heteroatoms. The number of benzene rings is 2. The third-order valence-corrected chi connectivity index (χ3v) is 6.11. The maximum Gasteiger partial charge on any atom is 0.307 e. The lowest BCUT2D eigenvalue weighted by atomic mass is 9.92. The van der Waals surface area contributed by atoms with Gasteiger partial charge in [-0.25, -0.2) is 4.39 Å². The first-order valence-corrected chi connectivity index (χ1v) is 10.8. The number of hydrogen-bond donors (Lipinski definition) is 3. The summed E-state index contributed by atoms with van der Waals surface area (Å²) < 4.78 is 14.5. The molecule has 0 bridgehead atoms. The maximum atomic E-state index is 14.5. The first-order valence-electron chi connectivity index (χ1n) is 10.8. The van der Waals surface area contributed by atoms with Crippen molar-refractivity contribution in [3.63, 3.8) is 0 Å². The number of halogens is 1. The summed E-state index contributed by atoms with van der Waals surface area (Å²) in [6.45, 7) is 4.16. The van der Waals surface area contributed by atoms with Crippen molar-refractivity contribution < 1.29 is 19.1 Å². The Hall–Kier alpha value is -3.74. The van der Waals surface area contributed by atoms with Gasteiger partial charge in [-0.2, -0.15) is 0 Å². The Labute approximate surface area is 191 Å². The van der Waals surface area contributed by atoms with E-state index in [4.69, 9.17) is 5.11 Å². The third kappa shape index (κ3) is 4.72. The fourth-order valence-electron chi connectivity index (χ4n) is 4.28. The van der Waals surface area contributed by atoms with E-state index in [0.717, 1.165) is 33.6 Å². The highest BCUT2D eigenvalue weighted by molar-refractivity contribution is 5.95. The Bertz CT molecular complexity index is 1200. The van der Waals surface area contributed by atoms with Crippen molar-refractivity contribution in [2.75, 3.05) is 12.4 Å². The van der Waals surface area contributed by atoms with Gasteiger partial charge in [0.25, 0.3) is 5.91 Å². The zero-order valence-corrected chi connectivity index (χ0v) is 18.8. The van der Waals surface area contributed by atoms with Crippen molar-refractivity contribution >= 4 is 17.6 Å². The Morgan fingerprint density at radius 1 is 1.12 bits per heavy atom. The summed E-state index contributed by atoms with van der Waals surface area (Å²) in [5.74, 6) is -1.60. The lowest BCUT2D eigenvalue weighted by Crippen LogP contribution is -2.18. The molecule has 1 fully saturated rings. The molecule has 1 aliphatic rings. The monoisotopic (exact) mass is 447 g/mol. The minimum absolute atomic E-state index is 0.0213. The molecule has 1 amide bonds. The molecule has 3 aromatic rings. The SMILES string of the molecule is CNC(=O)c1cc(C)c(-c2ccc(F)c(CNc3ccc([C@H]4C[C@@H]4C(=O)O)nc3)c2)c(C)c1. The molecular formula is C26H26FN3O3. The molecule has 0 radical (unpaired) electrons. The highest BCUT2D eigenvalue weighted by Crippen LogP contribution is 2.46. The summed E-state index contributed by atoms with van der Waals surface area (Å²) in [5.41, 5.74) is 6.36. The molecule has 3 N–H and O–H groups in total. The average molecular weight is 448 g/mol. The van der Waals surface area contributed by atoms with Crippen molar-refractivity contribution in [2.24, 2.45) is 5.92 Å². The minimum atomic E-state index is -0.784. The normalized spacial score (nSPS) is 16.8. The second-order valence-electron chi connectivity index (χ2n) is 8.48. The number of carbonyl (C=O) groups is 2. The molecule has 2 aromatic carbocycles. The van der Waals surface area contributed by atoms with Crippen molar-refractivity contribution in [1.29, 1.82) is 0 Å². The number of nitrogens with one attached hydrogen (secondary N) is 2. The lowest BCUT2D eigenvalue weighted by Gasteiger charge is -2.15. The Morgan fingerprint density at radius 2 is 1.85 bits per heavy atom. The molecule has 1 aliphatic carbocycles. The first-order chi connectivity index (χ1) is 15.8. The zero-order valence-electron chi connectivity index (χ0n) is 18.8. The number of anilines is 1. The van der Waals surface area contributed by atoms with Crippen LogP contribution in [0.25, 0.3) is 11.1 Å². The summed E-state index contributed by atoms with van der Waals surface area (Å²) in [6, 6.07) is 12.4. The van der Waals surface area contributed by atoms with Crippen LogP contribution in [0.1, 0.15) is 45.1 Å². The average Bonchev–Trinajstić information content (AvgIpc) is 3.60.